The van der Waals surface area contributed by atoms with Crippen molar-refractivity contribution in [2.75, 3.05) is 0 Å². The minimum atomic E-state index is 0.293. The topological polar surface area (TPSA) is 71.3 Å². The molecule has 0 spiro atoms. The normalized spacial score (nSPS) is 11.8. The molecule has 0 saturated carbocycles. The molecule has 0 amide bonds. The average molecular weight is 274 g/mol. The van der Waals surface area contributed by atoms with Crippen LogP contribution in [-0.4, -0.2) is 30.7 Å². The molecular formula is C13H14N4OS. The summed E-state index contributed by atoms with van der Waals surface area (Å²) >= 11 is 1.43. The molecule has 98 valence electrons. The maximum atomic E-state index is 9.07. The summed E-state index contributed by atoms with van der Waals surface area (Å²) in [6.45, 7) is 4.03. The van der Waals surface area contributed by atoms with Crippen LogP contribution in [0.1, 0.15) is 19.5 Å². The number of rotatable bonds is 3. The lowest BCUT2D eigenvalue weighted by Crippen LogP contribution is -2.06. The van der Waals surface area contributed by atoms with E-state index in [1.165, 1.54) is 18.0 Å². The summed E-state index contributed by atoms with van der Waals surface area (Å²) in [5, 5.41) is 21.0. The molecule has 0 atom stereocenters. The Bertz CT molecular complexity index is 572. The molecule has 6 heteroatoms. The molecule has 19 heavy (non-hydrogen) atoms. The largest absolute Gasteiger partial charge is 0.410 e. The molecule has 2 rings (SSSR count). The molecule has 0 unspecified atom stereocenters. The van der Waals surface area contributed by atoms with E-state index in [1.54, 1.807) is 0 Å². The van der Waals surface area contributed by atoms with Gasteiger partial charge in [-0.15, -0.1) is 5.10 Å². The first-order valence-corrected chi connectivity index (χ1v) is 6.73. The second kappa shape index (κ2) is 6.29. The van der Waals surface area contributed by atoms with Gasteiger partial charge >= 0.3 is 0 Å². The zero-order valence-corrected chi connectivity index (χ0v) is 11.5. The van der Waals surface area contributed by atoms with E-state index in [0.717, 1.165) is 5.56 Å². The third-order valence-corrected chi connectivity index (χ3v) is 3.23. The molecule has 0 fully saturated rings. The highest BCUT2D eigenvalue weighted by molar-refractivity contribution is 8.14. The zero-order chi connectivity index (χ0) is 13.7. The highest BCUT2D eigenvalue weighted by Crippen LogP contribution is 2.19. The van der Waals surface area contributed by atoms with Crippen molar-refractivity contribution in [3.63, 3.8) is 0 Å². The van der Waals surface area contributed by atoms with Gasteiger partial charge in [0.15, 0.2) is 10.9 Å². The Kier molecular flexibility index (Phi) is 4.46. The fourth-order valence-electron chi connectivity index (χ4n) is 1.47. The summed E-state index contributed by atoms with van der Waals surface area (Å²) in [7, 11) is 0. The van der Waals surface area contributed by atoms with E-state index in [4.69, 9.17) is 5.21 Å². The summed E-state index contributed by atoms with van der Waals surface area (Å²) in [4.78, 5) is 4.38. The van der Waals surface area contributed by atoms with Gasteiger partial charge < -0.3 is 5.21 Å². The van der Waals surface area contributed by atoms with Crippen LogP contribution in [0.5, 0.6) is 0 Å². The van der Waals surface area contributed by atoms with E-state index in [0.29, 0.717) is 21.8 Å². The van der Waals surface area contributed by atoms with Gasteiger partial charge in [-0.05, 0) is 0 Å². The van der Waals surface area contributed by atoms with Crippen LogP contribution in [0.2, 0.25) is 0 Å². The second-order valence-electron chi connectivity index (χ2n) is 4.10. The van der Waals surface area contributed by atoms with Crippen molar-refractivity contribution in [3.05, 3.63) is 42.2 Å². The first-order valence-electron chi connectivity index (χ1n) is 5.85. The van der Waals surface area contributed by atoms with Crippen molar-refractivity contribution < 1.29 is 5.21 Å². The molecule has 0 bridgehead atoms. The van der Waals surface area contributed by atoms with Gasteiger partial charge in [0.05, 0.1) is 6.20 Å². The minimum Gasteiger partial charge on any atom is -0.410 e. The number of hydrogen-bond donors (Lipinski definition) is 1. The van der Waals surface area contributed by atoms with E-state index in [1.807, 2.05) is 44.2 Å². The Balaban J connectivity index is 2.34. The predicted molar refractivity (Wildman–Crippen MR) is 76.3 cm³/mol. The van der Waals surface area contributed by atoms with E-state index in [-0.39, 0.29) is 0 Å². The Hall–Kier alpha value is -1.95. The number of hydrogen-bond acceptors (Lipinski definition) is 6. The minimum absolute atomic E-state index is 0.293. The molecule has 5 nitrogen and oxygen atoms in total. The molecule has 0 radical (unpaired) electrons. The molecule has 0 aliphatic heterocycles. The van der Waals surface area contributed by atoms with Gasteiger partial charge in [-0.2, -0.15) is 5.10 Å². The summed E-state index contributed by atoms with van der Waals surface area (Å²) in [6, 6.07) is 9.57. The van der Waals surface area contributed by atoms with Gasteiger partial charge in [0.25, 0.3) is 0 Å². The lowest BCUT2D eigenvalue weighted by Gasteiger charge is -2.06. The molecule has 1 heterocycles. The number of aromatic nitrogens is 3. The Morgan fingerprint density at radius 3 is 2.63 bits per heavy atom. The second-order valence-corrected chi connectivity index (χ2v) is 5.67. The SMILES string of the molecule is CC(C)S/C(=N\O)c1cnnc(-c2ccccc2)n1. The Morgan fingerprint density at radius 2 is 2.00 bits per heavy atom. The number of benzene rings is 1. The van der Waals surface area contributed by atoms with E-state index >= 15 is 0 Å². The fourth-order valence-corrected chi connectivity index (χ4v) is 2.19. The number of thioether (sulfide) groups is 1. The first-order chi connectivity index (χ1) is 9.20. The lowest BCUT2D eigenvalue weighted by atomic mass is 10.2. The highest BCUT2D eigenvalue weighted by atomic mass is 32.2. The molecule has 1 aromatic carbocycles. The smallest absolute Gasteiger partial charge is 0.182 e. The third-order valence-electron chi connectivity index (χ3n) is 2.25. The van der Waals surface area contributed by atoms with Crippen LogP contribution < -0.4 is 0 Å². The van der Waals surface area contributed by atoms with Gasteiger partial charge in [-0.25, -0.2) is 4.98 Å². The Morgan fingerprint density at radius 1 is 1.26 bits per heavy atom. The standard InChI is InChI=1S/C13H14N4OS/c1-9(2)19-13(17-18)11-8-14-16-12(15-11)10-6-4-3-5-7-10/h3-9,18H,1-2H3/b17-13-. The van der Waals surface area contributed by atoms with Gasteiger partial charge in [0.1, 0.15) is 5.69 Å². The van der Waals surface area contributed by atoms with Gasteiger partial charge in [0.2, 0.25) is 0 Å². The Labute approximate surface area is 115 Å². The van der Waals surface area contributed by atoms with Crippen LogP contribution in [0.15, 0.2) is 41.7 Å². The predicted octanol–water partition coefficient (Wildman–Crippen LogP) is 2.82. The van der Waals surface area contributed by atoms with Crippen molar-refractivity contribution in [1.29, 1.82) is 0 Å². The van der Waals surface area contributed by atoms with Crippen molar-refractivity contribution in [2.45, 2.75) is 19.1 Å². The first kappa shape index (κ1) is 13.5. The maximum Gasteiger partial charge on any atom is 0.182 e. The monoisotopic (exact) mass is 274 g/mol. The van der Waals surface area contributed by atoms with Gasteiger partial charge in [0, 0.05) is 10.8 Å². The van der Waals surface area contributed by atoms with Crippen molar-refractivity contribution >= 4 is 16.8 Å². The van der Waals surface area contributed by atoms with Crippen molar-refractivity contribution in [1.82, 2.24) is 15.2 Å². The molecule has 1 aromatic heterocycles. The van der Waals surface area contributed by atoms with Crippen LogP contribution in [-0.2, 0) is 0 Å². The summed E-state index contributed by atoms with van der Waals surface area (Å²) < 4.78 is 0. The lowest BCUT2D eigenvalue weighted by molar-refractivity contribution is 0.321. The van der Waals surface area contributed by atoms with Crippen LogP contribution in [0, 0.1) is 0 Å². The number of oxime groups is 1. The fraction of sp³-hybridized carbons (Fsp3) is 0.231. The van der Waals surface area contributed by atoms with Crippen LogP contribution in [0.25, 0.3) is 11.4 Å². The molecule has 2 aromatic rings. The summed E-state index contributed by atoms with van der Waals surface area (Å²) in [5.74, 6) is 0.517. The van der Waals surface area contributed by atoms with Crippen LogP contribution >= 0.6 is 11.8 Å². The quantitative estimate of drug-likeness (QED) is 0.403. The average Bonchev–Trinajstić information content (AvgIpc) is 2.45. The molecule has 0 aliphatic carbocycles. The molecular weight excluding hydrogens is 260 g/mol. The van der Waals surface area contributed by atoms with Crippen molar-refractivity contribution in [2.24, 2.45) is 5.16 Å². The number of nitrogens with zero attached hydrogens (tertiary/aromatic N) is 4. The maximum absolute atomic E-state index is 9.07. The van der Waals surface area contributed by atoms with Gasteiger partial charge in [-0.1, -0.05) is 61.1 Å². The van der Waals surface area contributed by atoms with Gasteiger partial charge in [-0.3, -0.25) is 0 Å². The molecule has 0 saturated heterocycles. The zero-order valence-electron chi connectivity index (χ0n) is 10.7. The molecule has 0 aliphatic rings. The summed E-state index contributed by atoms with van der Waals surface area (Å²) in [6.07, 6.45) is 1.50. The highest BCUT2D eigenvalue weighted by Gasteiger charge is 2.12. The van der Waals surface area contributed by atoms with E-state index in [9.17, 15) is 0 Å². The summed E-state index contributed by atoms with van der Waals surface area (Å²) in [5.41, 5.74) is 1.40. The van der Waals surface area contributed by atoms with Crippen LogP contribution in [0.4, 0.5) is 0 Å². The third kappa shape index (κ3) is 3.51. The van der Waals surface area contributed by atoms with E-state index < -0.39 is 0 Å². The van der Waals surface area contributed by atoms with Crippen molar-refractivity contribution in [3.8, 4) is 11.4 Å². The molecule has 1 N–H and O–H groups in total. The van der Waals surface area contributed by atoms with Crippen LogP contribution in [0.3, 0.4) is 0 Å². The van der Waals surface area contributed by atoms with E-state index in [2.05, 4.69) is 20.3 Å².